The van der Waals surface area contributed by atoms with Gasteiger partial charge in [-0.3, -0.25) is 33.3 Å². The van der Waals surface area contributed by atoms with E-state index in [1.54, 1.807) is 27.6 Å². The van der Waals surface area contributed by atoms with Crippen molar-refractivity contribution in [1.82, 2.24) is 30.3 Å². The number of para-hydroxylation sites is 1. The molecule has 5 amide bonds. The van der Waals surface area contributed by atoms with Gasteiger partial charge in [0.15, 0.2) is 0 Å². The Labute approximate surface area is 352 Å². The zero-order valence-electron chi connectivity index (χ0n) is 34.8. The molecule has 12 heteroatoms. The predicted octanol–water partition coefficient (Wildman–Crippen LogP) is 5.71. The van der Waals surface area contributed by atoms with Crippen LogP contribution in [0.1, 0.15) is 99.0 Å². The summed E-state index contributed by atoms with van der Waals surface area (Å²) in [6.07, 6.45) is 10.6. The minimum Gasteiger partial charge on any atom is -0.344 e. The number of unbranched alkanes of at least 4 members (excludes halogenated alkanes) is 4. The number of likely N-dealkylation sites (N-methyl/N-ethyl adjacent to an activating group) is 1. The second-order valence-corrected chi connectivity index (χ2v) is 16.9. The third-order valence-electron chi connectivity index (χ3n) is 12.6. The maximum absolute atomic E-state index is 14.6. The Bertz CT molecular complexity index is 2160. The lowest BCUT2D eigenvalue weighted by molar-refractivity contribution is -0.163. The fourth-order valence-corrected chi connectivity index (χ4v) is 9.45. The number of rotatable bonds is 18. The van der Waals surface area contributed by atoms with Gasteiger partial charge in [0, 0.05) is 50.5 Å². The van der Waals surface area contributed by atoms with Crippen LogP contribution in [0, 0.1) is 5.92 Å². The summed E-state index contributed by atoms with van der Waals surface area (Å²) in [5.74, 6) is -1.91. The summed E-state index contributed by atoms with van der Waals surface area (Å²) in [4.78, 5) is 87.0. The number of piperidine rings is 2. The molecule has 2 bridgehead atoms. The minimum absolute atomic E-state index is 0.00386. The molecular formula is C48H58N6O6. The molecule has 4 aromatic rings. The molecule has 3 N–H and O–H groups in total. The molecule has 8 rings (SSSR count). The molecule has 3 aliphatic heterocycles. The number of aromatic nitrogens is 1. The highest BCUT2D eigenvalue weighted by Gasteiger charge is 2.52. The lowest BCUT2D eigenvalue weighted by Gasteiger charge is -2.53. The predicted molar refractivity (Wildman–Crippen MR) is 229 cm³/mol. The third-order valence-corrected chi connectivity index (χ3v) is 12.6. The Kier molecular flexibility index (Phi) is 13.8. The van der Waals surface area contributed by atoms with Gasteiger partial charge in [0.2, 0.25) is 35.4 Å². The van der Waals surface area contributed by atoms with Crippen LogP contribution in [-0.2, 0) is 43.4 Å². The lowest BCUT2D eigenvalue weighted by Crippen LogP contribution is -2.71. The second kappa shape index (κ2) is 19.5. The normalized spacial score (nSPS) is 20.5. The van der Waals surface area contributed by atoms with Crippen LogP contribution >= 0.6 is 0 Å². The Morgan fingerprint density at radius 2 is 1.45 bits per heavy atom. The third kappa shape index (κ3) is 9.80. The SMILES string of the molecule is CCCCCCCC(=O)n1cc(CC(NC(=O)CC2NC(=O)C3C4CCC(CC4)N3C2=O)C(=O)NC(Cc2ccccc2)C(=O)N(C)Cc2ccccc2)c2ccccc21. The van der Waals surface area contributed by atoms with Crippen LogP contribution in [0.4, 0.5) is 0 Å². The van der Waals surface area contributed by atoms with Crippen molar-refractivity contribution >= 4 is 46.3 Å². The summed E-state index contributed by atoms with van der Waals surface area (Å²) in [7, 11) is 1.70. The maximum Gasteiger partial charge on any atom is 0.246 e. The molecule has 4 aliphatic rings. The van der Waals surface area contributed by atoms with Gasteiger partial charge < -0.3 is 25.8 Å². The Morgan fingerprint density at radius 3 is 2.17 bits per heavy atom. The number of nitrogens with zero attached hydrogens (tertiary/aromatic N) is 3. The van der Waals surface area contributed by atoms with E-state index in [-0.39, 0.29) is 54.9 Å². The molecule has 4 fully saturated rings. The molecule has 12 nitrogen and oxygen atoms in total. The van der Waals surface area contributed by atoms with Gasteiger partial charge in [0.1, 0.15) is 24.2 Å². The first-order valence-electron chi connectivity index (χ1n) is 21.8. The summed E-state index contributed by atoms with van der Waals surface area (Å²) >= 11 is 0. The van der Waals surface area contributed by atoms with E-state index < -0.39 is 36.0 Å². The highest BCUT2D eigenvalue weighted by molar-refractivity contribution is 6.01. The number of carbonyl (C=O) groups is 6. The molecule has 4 atom stereocenters. The highest BCUT2D eigenvalue weighted by atomic mass is 16.2. The number of hydrogen-bond donors (Lipinski definition) is 3. The summed E-state index contributed by atoms with van der Waals surface area (Å²) in [6, 6.07) is 22.8. The molecule has 316 valence electrons. The summed E-state index contributed by atoms with van der Waals surface area (Å²) in [5, 5.41) is 9.48. The van der Waals surface area contributed by atoms with Gasteiger partial charge in [-0.1, -0.05) is 111 Å². The molecule has 0 radical (unpaired) electrons. The quantitative estimate of drug-likeness (QED) is 0.110. The van der Waals surface area contributed by atoms with Gasteiger partial charge in [0.25, 0.3) is 0 Å². The van der Waals surface area contributed by atoms with Gasteiger partial charge in [0.05, 0.1) is 11.9 Å². The number of fused-ring (bicyclic) bond motifs is 3. The summed E-state index contributed by atoms with van der Waals surface area (Å²) in [6.45, 7) is 2.48. The molecule has 0 spiro atoms. The van der Waals surface area contributed by atoms with Crippen molar-refractivity contribution in [3.05, 3.63) is 108 Å². The number of carbonyl (C=O) groups excluding carboxylic acids is 6. The van der Waals surface area contributed by atoms with E-state index >= 15 is 0 Å². The number of nitrogens with one attached hydrogen (secondary N) is 3. The molecule has 60 heavy (non-hydrogen) atoms. The van der Waals surface area contributed by atoms with Crippen molar-refractivity contribution < 1.29 is 28.8 Å². The van der Waals surface area contributed by atoms with Gasteiger partial charge in [-0.25, -0.2) is 0 Å². The van der Waals surface area contributed by atoms with E-state index in [0.717, 1.165) is 74.3 Å². The van der Waals surface area contributed by atoms with Crippen molar-refractivity contribution in [3.63, 3.8) is 0 Å². The van der Waals surface area contributed by atoms with Crippen LogP contribution in [0.25, 0.3) is 10.9 Å². The van der Waals surface area contributed by atoms with Crippen LogP contribution in [-0.4, -0.2) is 87.1 Å². The van der Waals surface area contributed by atoms with Crippen molar-refractivity contribution in [1.29, 1.82) is 0 Å². The molecule has 4 heterocycles. The molecule has 3 aromatic carbocycles. The maximum atomic E-state index is 14.6. The summed E-state index contributed by atoms with van der Waals surface area (Å²) < 4.78 is 1.64. The first-order chi connectivity index (χ1) is 29.1. The summed E-state index contributed by atoms with van der Waals surface area (Å²) in [5.41, 5.74) is 3.16. The molecular weight excluding hydrogens is 757 g/mol. The number of piperazine rings is 1. The van der Waals surface area contributed by atoms with Crippen LogP contribution in [0.15, 0.2) is 91.1 Å². The van der Waals surface area contributed by atoms with Gasteiger partial charge in [-0.15, -0.1) is 0 Å². The van der Waals surface area contributed by atoms with E-state index in [4.69, 9.17) is 0 Å². The van der Waals surface area contributed by atoms with E-state index in [1.807, 2.05) is 84.9 Å². The lowest BCUT2D eigenvalue weighted by atomic mass is 9.73. The van der Waals surface area contributed by atoms with E-state index in [9.17, 15) is 28.8 Å². The largest absolute Gasteiger partial charge is 0.344 e. The van der Waals surface area contributed by atoms with Gasteiger partial charge in [-0.05, 0) is 60.8 Å². The smallest absolute Gasteiger partial charge is 0.246 e. The average Bonchev–Trinajstić information content (AvgIpc) is 3.63. The van der Waals surface area contributed by atoms with Crippen molar-refractivity contribution in [2.45, 2.75) is 127 Å². The van der Waals surface area contributed by atoms with Gasteiger partial charge >= 0.3 is 0 Å². The Hall–Kier alpha value is -5.78. The van der Waals surface area contributed by atoms with E-state index in [0.29, 0.717) is 24.0 Å². The first kappa shape index (κ1) is 42.3. The number of hydrogen-bond acceptors (Lipinski definition) is 6. The zero-order chi connectivity index (χ0) is 42.2. The monoisotopic (exact) mass is 814 g/mol. The molecule has 1 aromatic heterocycles. The first-order valence-corrected chi connectivity index (χ1v) is 21.8. The molecule has 1 aliphatic carbocycles. The topological polar surface area (TPSA) is 150 Å². The standard InChI is InChI=1S/C48H58N6O6/c1-3-4-5-6-13-22-43(56)53-31-35(37-20-14-15-21-41(37)53)28-38(49-42(55)29-40-48(60)54-36-25-23-34(24-26-36)44(54)46(58)51-40)45(57)50-39(27-32-16-9-7-10-17-32)47(59)52(2)30-33-18-11-8-12-19-33/h7-12,14-21,31,34,36,38-40,44H,3-6,13,22-30H2,1-2H3,(H,49,55)(H,50,57)(H,51,58). The van der Waals surface area contributed by atoms with Gasteiger partial charge in [-0.2, -0.15) is 0 Å². The second-order valence-electron chi connectivity index (χ2n) is 16.9. The molecule has 1 saturated carbocycles. The number of amides is 5. The van der Waals surface area contributed by atoms with Crippen molar-refractivity contribution in [2.75, 3.05) is 7.05 Å². The zero-order valence-corrected chi connectivity index (χ0v) is 34.8. The molecule has 4 unspecified atom stereocenters. The van der Waals surface area contributed by atoms with Crippen molar-refractivity contribution in [2.24, 2.45) is 5.92 Å². The highest BCUT2D eigenvalue weighted by Crippen LogP contribution is 2.41. The average molecular weight is 815 g/mol. The number of benzene rings is 3. The van der Waals surface area contributed by atoms with E-state index in [2.05, 4.69) is 22.9 Å². The molecule has 3 saturated heterocycles. The minimum atomic E-state index is -1.19. The Balaban J connectivity index is 1.15. The Morgan fingerprint density at radius 1 is 0.783 bits per heavy atom. The fourth-order valence-electron chi connectivity index (χ4n) is 9.45. The van der Waals surface area contributed by atoms with E-state index in [1.165, 1.54) is 0 Å². The fraction of sp³-hybridized carbons (Fsp3) is 0.458. The van der Waals surface area contributed by atoms with Crippen LogP contribution in [0.3, 0.4) is 0 Å². The van der Waals surface area contributed by atoms with Crippen LogP contribution in [0.2, 0.25) is 0 Å². The van der Waals surface area contributed by atoms with Crippen LogP contribution in [0.5, 0.6) is 0 Å². The van der Waals surface area contributed by atoms with Crippen LogP contribution < -0.4 is 16.0 Å². The van der Waals surface area contributed by atoms with Crippen molar-refractivity contribution in [3.8, 4) is 0 Å².